The van der Waals surface area contributed by atoms with E-state index in [-0.39, 0.29) is 8.68 Å². The standard InChI is InChI=1S/C13H16ClN3O2S2/c1-16(2)11-6-4-10(5-7-11)9-17(3)21(18,19)12-8-15-13(14)20-12/h4-8H,9H2,1-3H3. The number of thiazole rings is 1. The van der Waals surface area contributed by atoms with E-state index in [2.05, 4.69) is 4.98 Å². The molecule has 0 atom stereocenters. The summed E-state index contributed by atoms with van der Waals surface area (Å²) < 4.78 is 26.4. The number of hydrogen-bond donors (Lipinski definition) is 0. The number of halogens is 1. The zero-order valence-corrected chi connectivity index (χ0v) is 14.3. The molecule has 2 aromatic rings. The van der Waals surface area contributed by atoms with E-state index in [1.54, 1.807) is 7.05 Å². The molecule has 0 fully saturated rings. The van der Waals surface area contributed by atoms with E-state index in [9.17, 15) is 8.42 Å². The van der Waals surface area contributed by atoms with E-state index in [0.717, 1.165) is 22.6 Å². The summed E-state index contributed by atoms with van der Waals surface area (Å²) in [5.41, 5.74) is 1.99. The van der Waals surface area contributed by atoms with Crippen molar-refractivity contribution in [2.24, 2.45) is 0 Å². The average Bonchev–Trinajstić information content (AvgIpc) is 2.86. The first kappa shape index (κ1) is 16.2. The van der Waals surface area contributed by atoms with Crippen LogP contribution in [0.3, 0.4) is 0 Å². The summed E-state index contributed by atoms with van der Waals surface area (Å²) in [7, 11) is 1.91. The highest BCUT2D eigenvalue weighted by Crippen LogP contribution is 2.26. The quantitative estimate of drug-likeness (QED) is 0.836. The van der Waals surface area contributed by atoms with Crippen LogP contribution in [0.5, 0.6) is 0 Å². The second-order valence-corrected chi connectivity index (χ2v) is 8.64. The molecule has 0 aliphatic heterocycles. The summed E-state index contributed by atoms with van der Waals surface area (Å²) in [5.74, 6) is 0. The number of rotatable bonds is 5. The van der Waals surface area contributed by atoms with Crippen molar-refractivity contribution in [2.45, 2.75) is 10.8 Å². The lowest BCUT2D eigenvalue weighted by atomic mass is 10.2. The van der Waals surface area contributed by atoms with Gasteiger partial charge in [0, 0.05) is 33.4 Å². The van der Waals surface area contributed by atoms with E-state index in [1.807, 2.05) is 43.3 Å². The van der Waals surface area contributed by atoms with Crippen molar-refractivity contribution >= 4 is 38.6 Å². The Kier molecular flexibility index (Phi) is 4.88. The lowest BCUT2D eigenvalue weighted by molar-refractivity contribution is 0.468. The summed E-state index contributed by atoms with van der Waals surface area (Å²) >= 11 is 6.66. The van der Waals surface area contributed by atoms with Crippen LogP contribution in [0.1, 0.15) is 5.56 Å². The molecule has 5 nitrogen and oxygen atoms in total. The second-order valence-electron chi connectivity index (χ2n) is 4.75. The summed E-state index contributed by atoms with van der Waals surface area (Å²) in [6.07, 6.45) is 1.29. The summed E-state index contributed by atoms with van der Waals surface area (Å²) in [6.45, 7) is 0.297. The maximum Gasteiger partial charge on any atom is 0.254 e. The summed E-state index contributed by atoms with van der Waals surface area (Å²) in [4.78, 5) is 5.77. The molecule has 1 aromatic carbocycles. The average molecular weight is 346 g/mol. The van der Waals surface area contributed by atoms with Crippen molar-refractivity contribution in [3.63, 3.8) is 0 Å². The van der Waals surface area contributed by atoms with Crippen LogP contribution < -0.4 is 4.90 Å². The lowest BCUT2D eigenvalue weighted by Crippen LogP contribution is -2.25. The number of aromatic nitrogens is 1. The smallest absolute Gasteiger partial charge is 0.254 e. The SMILES string of the molecule is CN(C)c1ccc(CN(C)S(=O)(=O)c2cnc(Cl)s2)cc1. The minimum absolute atomic E-state index is 0.153. The monoisotopic (exact) mass is 345 g/mol. The Morgan fingerprint density at radius 3 is 2.29 bits per heavy atom. The first-order chi connectivity index (χ1) is 9.80. The predicted molar refractivity (Wildman–Crippen MR) is 86.5 cm³/mol. The molecule has 0 spiro atoms. The normalized spacial score (nSPS) is 11.9. The first-order valence-electron chi connectivity index (χ1n) is 6.14. The first-order valence-corrected chi connectivity index (χ1v) is 8.78. The van der Waals surface area contributed by atoms with Crippen LogP contribution >= 0.6 is 22.9 Å². The van der Waals surface area contributed by atoms with Gasteiger partial charge in [-0.1, -0.05) is 35.1 Å². The van der Waals surface area contributed by atoms with Gasteiger partial charge in [0.15, 0.2) is 8.68 Å². The molecule has 1 heterocycles. The topological polar surface area (TPSA) is 53.5 Å². The van der Waals surface area contributed by atoms with Crippen molar-refractivity contribution in [2.75, 3.05) is 26.0 Å². The predicted octanol–water partition coefficient (Wildman–Crippen LogP) is 2.68. The van der Waals surface area contributed by atoms with Gasteiger partial charge >= 0.3 is 0 Å². The van der Waals surface area contributed by atoms with Gasteiger partial charge in [-0.2, -0.15) is 4.31 Å². The molecule has 8 heteroatoms. The van der Waals surface area contributed by atoms with Crippen LogP contribution in [0.4, 0.5) is 5.69 Å². The van der Waals surface area contributed by atoms with E-state index in [4.69, 9.17) is 11.6 Å². The van der Waals surface area contributed by atoms with Crippen LogP contribution in [-0.4, -0.2) is 38.9 Å². The third-order valence-electron chi connectivity index (χ3n) is 2.98. The van der Waals surface area contributed by atoms with Crippen LogP contribution in [0.25, 0.3) is 0 Å². The maximum atomic E-state index is 12.4. The number of anilines is 1. The van der Waals surface area contributed by atoms with Crippen molar-refractivity contribution < 1.29 is 8.42 Å². The largest absolute Gasteiger partial charge is 0.378 e. The molecule has 0 aliphatic rings. The molecule has 0 radical (unpaired) electrons. The molecule has 114 valence electrons. The Morgan fingerprint density at radius 2 is 1.81 bits per heavy atom. The molecule has 0 aliphatic carbocycles. The Balaban J connectivity index is 2.15. The van der Waals surface area contributed by atoms with Gasteiger partial charge in [0.05, 0.1) is 6.20 Å². The highest BCUT2D eigenvalue weighted by Gasteiger charge is 2.23. The van der Waals surface area contributed by atoms with E-state index >= 15 is 0 Å². The van der Waals surface area contributed by atoms with Crippen LogP contribution in [-0.2, 0) is 16.6 Å². The molecular weight excluding hydrogens is 330 g/mol. The molecule has 0 amide bonds. The van der Waals surface area contributed by atoms with Gasteiger partial charge < -0.3 is 4.90 Å². The molecule has 21 heavy (non-hydrogen) atoms. The van der Waals surface area contributed by atoms with Gasteiger partial charge in [-0.25, -0.2) is 13.4 Å². The number of hydrogen-bond acceptors (Lipinski definition) is 5. The third kappa shape index (κ3) is 3.74. The molecule has 0 saturated carbocycles. The molecule has 0 saturated heterocycles. The summed E-state index contributed by atoms with van der Waals surface area (Å²) in [6, 6.07) is 7.75. The summed E-state index contributed by atoms with van der Waals surface area (Å²) in [5, 5.41) is 0. The second kappa shape index (κ2) is 6.31. The third-order valence-corrected chi connectivity index (χ3v) is 6.33. The molecule has 0 N–H and O–H groups in total. The number of sulfonamides is 1. The van der Waals surface area contributed by atoms with Crippen LogP contribution in [0.2, 0.25) is 4.47 Å². The zero-order valence-electron chi connectivity index (χ0n) is 11.9. The maximum absolute atomic E-state index is 12.4. The molecule has 1 aromatic heterocycles. The highest BCUT2D eigenvalue weighted by atomic mass is 35.5. The Morgan fingerprint density at radius 1 is 1.19 bits per heavy atom. The van der Waals surface area contributed by atoms with Crippen molar-refractivity contribution in [1.29, 1.82) is 0 Å². The Labute approximate surface area is 133 Å². The fourth-order valence-electron chi connectivity index (χ4n) is 1.75. The van der Waals surface area contributed by atoms with Gasteiger partial charge in [-0.05, 0) is 17.7 Å². The van der Waals surface area contributed by atoms with E-state index in [1.165, 1.54) is 10.5 Å². The Bertz CT molecular complexity index is 711. The van der Waals surface area contributed by atoms with Gasteiger partial charge in [0.25, 0.3) is 10.0 Å². The fraction of sp³-hybridized carbons (Fsp3) is 0.308. The van der Waals surface area contributed by atoms with E-state index < -0.39 is 10.0 Å². The number of nitrogens with zero attached hydrogens (tertiary/aromatic N) is 3. The molecule has 0 unspecified atom stereocenters. The number of benzene rings is 1. The zero-order chi connectivity index (χ0) is 15.6. The van der Waals surface area contributed by atoms with Gasteiger partial charge in [0.2, 0.25) is 0 Å². The van der Waals surface area contributed by atoms with Gasteiger partial charge in [-0.3, -0.25) is 0 Å². The van der Waals surface area contributed by atoms with Crippen molar-refractivity contribution in [1.82, 2.24) is 9.29 Å². The fourth-order valence-corrected chi connectivity index (χ4v) is 4.42. The van der Waals surface area contributed by atoms with Crippen LogP contribution in [0, 0.1) is 0 Å². The lowest BCUT2D eigenvalue weighted by Gasteiger charge is -2.17. The molecule has 0 bridgehead atoms. The highest BCUT2D eigenvalue weighted by molar-refractivity contribution is 7.91. The van der Waals surface area contributed by atoms with Crippen LogP contribution in [0.15, 0.2) is 34.7 Å². The van der Waals surface area contributed by atoms with Crippen molar-refractivity contribution in [3.8, 4) is 0 Å². The molecular formula is C13H16ClN3O2S2. The van der Waals surface area contributed by atoms with Gasteiger partial charge in [0.1, 0.15) is 0 Å². The molecule has 2 rings (SSSR count). The minimum Gasteiger partial charge on any atom is -0.378 e. The van der Waals surface area contributed by atoms with Gasteiger partial charge in [-0.15, -0.1) is 0 Å². The van der Waals surface area contributed by atoms with Crippen molar-refractivity contribution in [3.05, 3.63) is 40.5 Å². The minimum atomic E-state index is -3.55. The van der Waals surface area contributed by atoms with E-state index in [0.29, 0.717) is 6.54 Å². The Hall–Kier alpha value is -1.15.